The van der Waals surface area contributed by atoms with E-state index in [1.165, 1.54) is 25.5 Å². The number of rotatable bonds is 3. The van der Waals surface area contributed by atoms with Crippen molar-refractivity contribution in [3.8, 4) is 5.88 Å². The van der Waals surface area contributed by atoms with Gasteiger partial charge in [-0.15, -0.1) is 11.3 Å². The monoisotopic (exact) mass is 290 g/mol. The Kier molecular flexibility index (Phi) is 3.58. The van der Waals surface area contributed by atoms with Crippen molar-refractivity contribution in [2.45, 2.75) is 19.5 Å². The number of methoxy groups -OCH3 is 1. The Bertz CT molecular complexity index is 586. The zero-order valence-corrected chi connectivity index (χ0v) is 11.5. The topological polar surface area (TPSA) is 27.1 Å². The third-order valence-electron chi connectivity index (χ3n) is 2.69. The molecule has 2 aromatic heterocycles. The van der Waals surface area contributed by atoms with Gasteiger partial charge in [0.1, 0.15) is 0 Å². The van der Waals surface area contributed by atoms with Crippen molar-refractivity contribution in [1.29, 1.82) is 0 Å². The van der Waals surface area contributed by atoms with Crippen molar-refractivity contribution in [3.05, 3.63) is 33.1 Å². The zero-order valence-electron chi connectivity index (χ0n) is 10.7. The average Bonchev–Trinajstić information content (AvgIpc) is 2.83. The van der Waals surface area contributed by atoms with Gasteiger partial charge in [0, 0.05) is 18.3 Å². The number of aromatic nitrogens is 2. The molecule has 19 heavy (non-hydrogen) atoms. The van der Waals surface area contributed by atoms with Gasteiger partial charge < -0.3 is 4.74 Å². The maximum absolute atomic E-state index is 13.0. The number of ether oxygens (including phenoxy) is 1. The molecule has 0 amide bonds. The minimum Gasteiger partial charge on any atom is -0.481 e. The Labute approximate surface area is 112 Å². The Morgan fingerprint density at radius 3 is 2.58 bits per heavy atom. The molecule has 0 fully saturated rings. The maximum atomic E-state index is 13.0. The molecule has 7 heteroatoms. The number of thiophene rings is 1. The van der Waals surface area contributed by atoms with E-state index in [1.54, 1.807) is 0 Å². The van der Waals surface area contributed by atoms with E-state index in [-0.39, 0.29) is 17.9 Å². The van der Waals surface area contributed by atoms with Crippen LogP contribution >= 0.6 is 11.3 Å². The Morgan fingerprint density at radius 2 is 2.11 bits per heavy atom. The largest absolute Gasteiger partial charge is 0.481 e. The summed E-state index contributed by atoms with van der Waals surface area (Å²) in [5.74, 6) is 0.151. The summed E-state index contributed by atoms with van der Waals surface area (Å²) in [6.45, 7) is 1.91. The van der Waals surface area contributed by atoms with Crippen LogP contribution in [0.1, 0.15) is 21.7 Å². The third kappa shape index (κ3) is 2.75. The van der Waals surface area contributed by atoms with Gasteiger partial charge in [-0.05, 0) is 23.9 Å². The minimum absolute atomic E-state index is 0.0827. The summed E-state index contributed by atoms with van der Waals surface area (Å²) in [5, 5.41) is 5.44. The van der Waals surface area contributed by atoms with Crippen LogP contribution in [0.5, 0.6) is 5.88 Å². The van der Waals surface area contributed by atoms with Crippen LogP contribution in [0.2, 0.25) is 0 Å². The molecular weight excluding hydrogens is 277 g/mol. The second-order valence-electron chi connectivity index (χ2n) is 4.22. The van der Waals surface area contributed by atoms with Gasteiger partial charge >= 0.3 is 6.18 Å². The molecule has 0 aliphatic rings. The molecule has 2 rings (SSSR count). The first-order valence-electron chi connectivity index (χ1n) is 5.54. The highest BCUT2D eigenvalue weighted by molar-refractivity contribution is 7.10. The van der Waals surface area contributed by atoms with Crippen LogP contribution in [-0.4, -0.2) is 16.9 Å². The van der Waals surface area contributed by atoms with Crippen molar-refractivity contribution >= 4 is 11.3 Å². The molecule has 0 aliphatic carbocycles. The Morgan fingerprint density at radius 1 is 1.42 bits per heavy atom. The van der Waals surface area contributed by atoms with Crippen molar-refractivity contribution in [2.24, 2.45) is 7.05 Å². The number of alkyl halides is 3. The van der Waals surface area contributed by atoms with E-state index in [2.05, 4.69) is 5.10 Å². The fraction of sp³-hybridized carbons (Fsp3) is 0.417. The molecule has 0 unspecified atom stereocenters. The van der Waals surface area contributed by atoms with Gasteiger partial charge in [0.15, 0.2) is 5.69 Å². The predicted molar refractivity (Wildman–Crippen MR) is 66.6 cm³/mol. The standard InChI is InChI=1S/C12H13F3N2OS/c1-7-4-8(19-6-7)5-9-10(12(13,14)15)16-17(2)11(9)18-3/h4,6H,5H2,1-3H3. The van der Waals surface area contributed by atoms with Crippen LogP contribution < -0.4 is 4.74 Å². The molecule has 0 atom stereocenters. The number of hydrogen-bond donors (Lipinski definition) is 0. The molecule has 104 valence electrons. The highest BCUT2D eigenvalue weighted by atomic mass is 32.1. The first-order chi connectivity index (χ1) is 8.82. The molecule has 3 nitrogen and oxygen atoms in total. The van der Waals surface area contributed by atoms with Crippen LogP contribution in [0.25, 0.3) is 0 Å². The van der Waals surface area contributed by atoms with Crippen LogP contribution in [0.3, 0.4) is 0 Å². The lowest BCUT2D eigenvalue weighted by Gasteiger charge is -2.06. The second kappa shape index (κ2) is 4.88. The van der Waals surface area contributed by atoms with E-state index in [4.69, 9.17) is 4.74 Å². The molecule has 0 aromatic carbocycles. The van der Waals surface area contributed by atoms with Gasteiger partial charge in [0.2, 0.25) is 5.88 Å². The fourth-order valence-corrected chi connectivity index (χ4v) is 2.84. The number of aryl methyl sites for hydroxylation is 2. The number of hydrogen-bond acceptors (Lipinski definition) is 3. The molecular formula is C12H13F3N2OS. The average molecular weight is 290 g/mol. The molecule has 0 radical (unpaired) electrons. The van der Waals surface area contributed by atoms with Crippen molar-refractivity contribution in [2.75, 3.05) is 7.11 Å². The van der Waals surface area contributed by atoms with E-state index < -0.39 is 11.9 Å². The lowest BCUT2D eigenvalue weighted by Crippen LogP contribution is -2.09. The van der Waals surface area contributed by atoms with Gasteiger partial charge in [0.05, 0.1) is 12.7 Å². The van der Waals surface area contributed by atoms with E-state index in [0.29, 0.717) is 0 Å². The summed E-state index contributed by atoms with van der Waals surface area (Å²) in [6.07, 6.45) is -4.31. The Hall–Kier alpha value is -1.50. The van der Waals surface area contributed by atoms with E-state index in [0.717, 1.165) is 15.1 Å². The molecule has 0 aliphatic heterocycles. The summed E-state index contributed by atoms with van der Waals surface area (Å²) < 4.78 is 45.0. The molecule has 0 saturated carbocycles. The second-order valence-corrected chi connectivity index (χ2v) is 5.22. The van der Waals surface area contributed by atoms with Gasteiger partial charge in [-0.3, -0.25) is 0 Å². The highest BCUT2D eigenvalue weighted by Crippen LogP contribution is 2.37. The normalized spacial score (nSPS) is 11.9. The van der Waals surface area contributed by atoms with Crippen LogP contribution in [0.4, 0.5) is 13.2 Å². The van der Waals surface area contributed by atoms with Gasteiger partial charge in [-0.2, -0.15) is 18.3 Å². The molecule has 0 N–H and O–H groups in total. The van der Waals surface area contributed by atoms with Crippen LogP contribution in [0.15, 0.2) is 11.4 Å². The zero-order chi connectivity index (χ0) is 14.2. The van der Waals surface area contributed by atoms with Crippen molar-refractivity contribution < 1.29 is 17.9 Å². The molecule has 2 aromatic rings. The summed E-state index contributed by atoms with van der Waals surface area (Å²) >= 11 is 1.43. The maximum Gasteiger partial charge on any atom is 0.435 e. The van der Waals surface area contributed by atoms with E-state index in [1.807, 2.05) is 18.4 Å². The van der Waals surface area contributed by atoms with Crippen molar-refractivity contribution in [3.63, 3.8) is 0 Å². The molecule has 2 heterocycles. The quantitative estimate of drug-likeness (QED) is 0.866. The molecule has 0 spiro atoms. The van der Waals surface area contributed by atoms with Crippen LogP contribution in [-0.2, 0) is 19.6 Å². The lowest BCUT2D eigenvalue weighted by atomic mass is 10.1. The third-order valence-corrected chi connectivity index (χ3v) is 3.74. The smallest absolute Gasteiger partial charge is 0.435 e. The summed E-state index contributed by atoms with van der Waals surface area (Å²) in [6, 6.07) is 1.87. The summed E-state index contributed by atoms with van der Waals surface area (Å²) in [7, 11) is 2.79. The molecule has 0 saturated heterocycles. The molecule has 0 bridgehead atoms. The van der Waals surface area contributed by atoms with Crippen molar-refractivity contribution in [1.82, 2.24) is 9.78 Å². The fourth-order valence-electron chi connectivity index (χ4n) is 1.95. The van der Waals surface area contributed by atoms with Gasteiger partial charge in [0.25, 0.3) is 0 Å². The van der Waals surface area contributed by atoms with E-state index >= 15 is 0 Å². The lowest BCUT2D eigenvalue weighted by molar-refractivity contribution is -0.142. The SMILES string of the molecule is COc1c(Cc2cc(C)cs2)c(C(F)(F)F)nn1C. The van der Waals surface area contributed by atoms with Crippen LogP contribution in [0, 0.1) is 6.92 Å². The summed E-state index contributed by atoms with van der Waals surface area (Å²) in [5.41, 5.74) is 0.244. The summed E-state index contributed by atoms with van der Waals surface area (Å²) in [4.78, 5) is 0.856. The predicted octanol–water partition coefficient (Wildman–Crippen LogP) is 3.41. The van der Waals surface area contributed by atoms with Gasteiger partial charge in [-0.25, -0.2) is 4.68 Å². The Balaban J connectivity index is 2.47. The van der Waals surface area contributed by atoms with E-state index in [9.17, 15) is 13.2 Å². The minimum atomic E-state index is -4.48. The first kappa shape index (κ1) is 13.9. The first-order valence-corrected chi connectivity index (χ1v) is 6.42. The number of nitrogens with zero attached hydrogens (tertiary/aromatic N) is 2. The van der Waals surface area contributed by atoms with Gasteiger partial charge in [-0.1, -0.05) is 0 Å². The number of halogens is 3. The highest BCUT2D eigenvalue weighted by Gasteiger charge is 2.39.